The molecule has 0 aliphatic rings. The SMILES string of the molecule is Cn1ncc(-c2nc(-c3ccccc3)c(-c3ccccc3)o2)c1-c1cccc(O)c1. The maximum atomic E-state index is 9.94. The first-order valence-electron chi connectivity index (χ1n) is 9.64. The number of oxazole rings is 1. The molecular weight excluding hydrogens is 374 g/mol. The summed E-state index contributed by atoms with van der Waals surface area (Å²) >= 11 is 0. The van der Waals surface area contributed by atoms with Crippen molar-refractivity contribution in [2.45, 2.75) is 0 Å². The Labute approximate surface area is 173 Å². The number of phenols is 1. The molecule has 0 aliphatic carbocycles. The topological polar surface area (TPSA) is 64.1 Å². The molecule has 0 saturated carbocycles. The van der Waals surface area contributed by atoms with Crippen molar-refractivity contribution in [1.29, 1.82) is 0 Å². The van der Waals surface area contributed by atoms with E-state index in [1.165, 1.54) is 0 Å². The standard InChI is InChI=1S/C25H19N3O2/c1-28-23(19-13-8-14-20(29)15-19)21(16-26-28)25-27-22(17-9-4-2-5-10-17)24(30-25)18-11-6-3-7-12-18/h2-16,29H,1H3. The Kier molecular flexibility index (Phi) is 4.41. The predicted octanol–water partition coefficient (Wildman–Crippen LogP) is 5.78. The van der Waals surface area contributed by atoms with Crippen LogP contribution in [0.2, 0.25) is 0 Å². The Hall–Kier alpha value is -4.12. The van der Waals surface area contributed by atoms with E-state index in [0.29, 0.717) is 11.7 Å². The van der Waals surface area contributed by atoms with Crippen LogP contribution in [-0.4, -0.2) is 19.9 Å². The maximum absolute atomic E-state index is 9.94. The summed E-state index contributed by atoms with van der Waals surface area (Å²) in [6.07, 6.45) is 1.74. The van der Waals surface area contributed by atoms with Crippen molar-refractivity contribution in [2.24, 2.45) is 7.05 Å². The molecule has 0 bridgehead atoms. The van der Waals surface area contributed by atoms with Crippen LogP contribution in [-0.2, 0) is 7.05 Å². The van der Waals surface area contributed by atoms with Gasteiger partial charge in [0, 0.05) is 23.7 Å². The second-order valence-electron chi connectivity index (χ2n) is 7.01. The van der Waals surface area contributed by atoms with Crippen LogP contribution in [0.3, 0.4) is 0 Å². The molecule has 0 spiro atoms. The van der Waals surface area contributed by atoms with Crippen molar-refractivity contribution in [3.8, 4) is 51.0 Å². The highest BCUT2D eigenvalue weighted by atomic mass is 16.4. The lowest BCUT2D eigenvalue weighted by molar-refractivity contribution is 0.475. The molecule has 5 aromatic rings. The van der Waals surface area contributed by atoms with E-state index in [2.05, 4.69) is 5.10 Å². The van der Waals surface area contributed by atoms with E-state index in [0.717, 1.165) is 33.6 Å². The third kappa shape index (κ3) is 3.16. The molecule has 2 aromatic heterocycles. The molecular formula is C25H19N3O2. The van der Waals surface area contributed by atoms with E-state index in [9.17, 15) is 5.11 Å². The molecule has 0 aliphatic heterocycles. The summed E-state index contributed by atoms with van der Waals surface area (Å²) < 4.78 is 8.08. The molecule has 3 aromatic carbocycles. The summed E-state index contributed by atoms with van der Waals surface area (Å²) in [5.41, 5.74) is 5.15. The van der Waals surface area contributed by atoms with Gasteiger partial charge in [0.25, 0.3) is 0 Å². The molecule has 5 nitrogen and oxygen atoms in total. The van der Waals surface area contributed by atoms with Gasteiger partial charge in [0.05, 0.1) is 17.5 Å². The first-order chi connectivity index (χ1) is 14.7. The number of aromatic nitrogens is 3. The average Bonchev–Trinajstić information content (AvgIpc) is 3.39. The van der Waals surface area contributed by atoms with Crippen molar-refractivity contribution >= 4 is 0 Å². The number of hydrogen-bond acceptors (Lipinski definition) is 4. The van der Waals surface area contributed by atoms with Gasteiger partial charge in [-0.2, -0.15) is 5.10 Å². The molecule has 146 valence electrons. The molecule has 0 unspecified atom stereocenters. The van der Waals surface area contributed by atoms with Crippen LogP contribution in [0.4, 0.5) is 0 Å². The number of aryl methyl sites for hydroxylation is 1. The van der Waals surface area contributed by atoms with Crippen LogP contribution in [0.25, 0.3) is 45.3 Å². The Morgan fingerprint density at radius 1 is 0.800 bits per heavy atom. The Balaban J connectivity index is 1.72. The van der Waals surface area contributed by atoms with Gasteiger partial charge in [0.2, 0.25) is 5.89 Å². The van der Waals surface area contributed by atoms with Gasteiger partial charge in [-0.05, 0) is 12.1 Å². The van der Waals surface area contributed by atoms with Crippen LogP contribution in [0.15, 0.2) is 95.5 Å². The van der Waals surface area contributed by atoms with Crippen molar-refractivity contribution in [1.82, 2.24) is 14.8 Å². The zero-order chi connectivity index (χ0) is 20.5. The summed E-state index contributed by atoms with van der Waals surface area (Å²) in [6.45, 7) is 0. The van der Waals surface area contributed by atoms with Gasteiger partial charge in [0.1, 0.15) is 11.4 Å². The number of nitrogens with zero attached hydrogens (tertiary/aromatic N) is 3. The van der Waals surface area contributed by atoms with Crippen LogP contribution in [0.5, 0.6) is 5.75 Å². The molecule has 0 amide bonds. The molecule has 5 rings (SSSR count). The summed E-state index contributed by atoms with van der Waals surface area (Å²) in [5.74, 6) is 1.39. The number of benzene rings is 3. The molecule has 0 fully saturated rings. The van der Waals surface area contributed by atoms with E-state index >= 15 is 0 Å². The van der Waals surface area contributed by atoms with Gasteiger partial charge in [-0.25, -0.2) is 4.98 Å². The normalized spacial score (nSPS) is 11.0. The minimum absolute atomic E-state index is 0.196. The fourth-order valence-corrected chi connectivity index (χ4v) is 3.60. The van der Waals surface area contributed by atoms with E-state index in [-0.39, 0.29) is 5.75 Å². The molecule has 0 saturated heterocycles. The highest BCUT2D eigenvalue weighted by Gasteiger charge is 2.22. The fraction of sp³-hybridized carbons (Fsp3) is 0.0400. The van der Waals surface area contributed by atoms with Crippen LogP contribution >= 0.6 is 0 Å². The zero-order valence-electron chi connectivity index (χ0n) is 16.4. The second-order valence-corrected chi connectivity index (χ2v) is 7.01. The molecule has 0 atom stereocenters. The van der Waals surface area contributed by atoms with Gasteiger partial charge < -0.3 is 9.52 Å². The number of phenolic OH excluding ortho intramolecular Hbond substituents is 1. The minimum atomic E-state index is 0.196. The Bertz CT molecular complexity index is 1250. The summed E-state index contributed by atoms with van der Waals surface area (Å²) in [6, 6.07) is 27.0. The van der Waals surface area contributed by atoms with Crippen molar-refractivity contribution in [3.05, 3.63) is 91.1 Å². The lowest BCUT2D eigenvalue weighted by atomic mass is 10.1. The lowest BCUT2D eigenvalue weighted by Crippen LogP contribution is -1.94. The molecule has 30 heavy (non-hydrogen) atoms. The van der Waals surface area contributed by atoms with E-state index in [4.69, 9.17) is 9.40 Å². The second kappa shape index (κ2) is 7.37. The van der Waals surface area contributed by atoms with Crippen LogP contribution in [0.1, 0.15) is 0 Å². The number of rotatable bonds is 4. The molecule has 1 N–H and O–H groups in total. The Morgan fingerprint density at radius 2 is 1.47 bits per heavy atom. The van der Waals surface area contributed by atoms with E-state index in [1.54, 1.807) is 23.0 Å². The van der Waals surface area contributed by atoms with E-state index < -0.39 is 0 Å². The van der Waals surface area contributed by atoms with Gasteiger partial charge >= 0.3 is 0 Å². The van der Waals surface area contributed by atoms with Gasteiger partial charge in [-0.15, -0.1) is 0 Å². The highest BCUT2D eigenvalue weighted by molar-refractivity contribution is 5.83. The quantitative estimate of drug-likeness (QED) is 0.420. The maximum Gasteiger partial charge on any atom is 0.231 e. The first-order valence-corrected chi connectivity index (χ1v) is 9.64. The van der Waals surface area contributed by atoms with Gasteiger partial charge in [-0.3, -0.25) is 4.68 Å². The third-order valence-electron chi connectivity index (χ3n) is 5.00. The minimum Gasteiger partial charge on any atom is -0.508 e. The lowest BCUT2D eigenvalue weighted by Gasteiger charge is -2.05. The van der Waals surface area contributed by atoms with Crippen molar-refractivity contribution in [2.75, 3.05) is 0 Å². The van der Waals surface area contributed by atoms with Crippen LogP contribution < -0.4 is 0 Å². The Morgan fingerprint density at radius 3 is 2.17 bits per heavy atom. The molecule has 0 radical (unpaired) electrons. The summed E-state index contributed by atoms with van der Waals surface area (Å²) in [7, 11) is 1.86. The van der Waals surface area contributed by atoms with Gasteiger partial charge in [-0.1, -0.05) is 72.8 Å². The first kappa shape index (κ1) is 17.9. The third-order valence-corrected chi connectivity index (χ3v) is 5.00. The largest absolute Gasteiger partial charge is 0.508 e. The molecule has 2 heterocycles. The van der Waals surface area contributed by atoms with Gasteiger partial charge in [0.15, 0.2) is 5.76 Å². The van der Waals surface area contributed by atoms with Crippen molar-refractivity contribution < 1.29 is 9.52 Å². The zero-order valence-corrected chi connectivity index (χ0v) is 16.4. The monoisotopic (exact) mass is 393 g/mol. The smallest absolute Gasteiger partial charge is 0.231 e. The molecule has 5 heteroatoms. The summed E-state index contributed by atoms with van der Waals surface area (Å²) in [4.78, 5) is 4.87. The average molecular weight is 393 g/mol. The number of aromatic hydroxyl groups is 1. The van der Waals surface area contributed by atoms with Crippen LogP contribution in [0, 0.1) is 0 Å². The van der Waals surface area contributed by atoms with Crippen molar-refractivity contribution in [3.63, 3.8) is 0 Å². The van der Waals surface area contributed by atoms with E-state index in [1.807, 2.05) is 79.8 Å². The highest BCUT2D eigenvalue weighted by Crippen LogP contribution is 2.39. The summed E-state index contributed by atoms with van der Waals surface area (Å²) in [5, 5.41) is 14.4. The number of hydrogen-bond donors (Lipinski definition) is 1. The predicted molar refractivity (Wildman–Crippen MR) is 117 cm³/mol. The fourth-order valence-electron chi connectivity index (χ4n) is 3.60.